The summed E-state index contributed by atoms with van der Waals surface area (Å²) in [6.45, 7) is 10.3. The Morgan fingerprint density at radius 1 is 1.25 bits per heavy atom. The van der Waals surface area contributed by atoms with Crippen LogP contribution in [-0.4, -0.2) is 25.7 Å². The fourth-order valence-corrected chi connectivity index (χ4v) is 1.72. The lowest BCUT2D eigenvalue weighted by molar-refractivity contribution is -0.116. The van der Waals surface area contributed by atoms with Crippen LogP contribution in [0.3, 0.4) is 0 Å². The van der Waals surface area contributed by atoms with Crippen LogP contribution in [0, 0.1) is 0 Å². The van der Waals surface area contributed by atoms with Crippen molar-refractivity contribution >= 4 is 12.0 Å². The van der Waals surface area contributed by atoms with Gasteiger partial charge in [0.2, 0.25) is 5.91 Å². The van der Waals surface area contributed by atoms with Crippen molar-refractivity contribution < 1.29 is 9.53 Å². The number of carbonyl (C=O) groups is 1. The molecule has 1 aromatic carbocycles. The van der Waals surface area contributed by atoms with E-state index >= 15 is 0 Å². The first-order valence-corrected chi connectivity index (χ1v) is 7.07. The predicted molar refractivity (Wildman–Crippen MR) is 83.7 cm³/mol. The molecule has 0 spiro atoms. The van der Waals surface area contributed by atoms with Gasteiger partial charge >= 0.3 is 0 Å². The van der Waals surface area contributed by atoms with Crippen LogP contribution in [0.1, 0.15) is 38.8 Å². The lowest BCUT2D eigenvalue weighted by atomic mass is 9.87. The maximum absolute atomic E-state index is 11.6. The second kappa shape index (κ2) is 7.85. The van der Waals surface area contributed by atoms with Gasteiger partial charge in [-0.15, -0.1) is 0 Å². The topological polar surface area (TPSA) is 38.3 Å². The van der Waals surface area contributed by atoms with Gasteiger partial charge in [-0.05, 0) is 29.5 Å². The second-order valence-electron chi connectivity index (χ2n) is 5.69. The molecule has 20 heavy (non-hydrogen) atoms. The smallest absolute Gasteiger partial charge is 0.244 e. The fraction of sp³-hybridized carbons (Fsp3) is 0.471. The molecule has 0 aliphatic rings. The lowest BCUT2D eigenvalue weighted by Crippen LogP contribution is -2.25. The number of rotatable bonds is 6. The first kappa shape index (κ1) is 16.4. The van der Waals surface area contributed by atoms with Crippen LogP contribution >= 0.6 is 0 Å². The highest BCUT2D eigenvalue weighted by atomic mass is 16.5. The third-order valence-corrected chi connectivity index (χ3v) is 2.95. The molecule has 1 N–H and O–H groups in total. The Balaban J connectivity index is 2.47. The summed E-state index contributed by atoms with van der Waals surface area (Å²) in [7, 11) is 0. The van der Waals surface area contributed by atoms with Gasteiger partial charge < -0.3 is 10.1 Å². The monoisotopic (exact) mass is 275 g/mol. The molecule has 0 saturated heterocycles. The molecule has 1 aromatic rings. The second-order valence-corrected chi connectivity index (χ2v) is 5.69. The summed E-state index contributed by atoms with van der Waals surface area (Å²) in [5.74, 6) is -0.0930. The molecule has 0 aliphatic carbocycles. The number of amides is 1. The Morgan fingerprint density at radius 3 is 2.45 bits per heavy atom. The van der Waals surface area contributed by atoms with Crippen molar-refractivity contribution in [3.63, 3.8) is 0 Å². The standard InChI is InChI=1S/C17H25NO2/c1-5-20-13-12-18-16(19)11-8-14-6-9-15(10-7-14)17(2,3)4/h6-11H,5,12-13H2,1-4H3,(H,18,19)/b11-8+. The highest BCUT2D eigenvalue weighted by Gasteiger charge is 2.12. The molecular weight excluding hydrogens is 250 g/mol. The van der Waals surface area contributed by atoms with Crippen LogP contribution in [0.15, 0.2) is 30.3 Å². The Hall–Kier alpha value is -1.61. The maximum Gasteiger partial charge on any atom is 0.244 e. The summed E-state index contributed by atoms with van der Waals surface area (Å²) in [5.41, 5.74) is 2.47. The fourth-order valence-electron chi connectivity index (χ4n) is 1.72. The van der Waals surface area contributed by atoms with Crippen LogP contribution in [0.5, 0.6) is 0 Å². The average Bonchev–Trinajstić information content (AvgIpc) is 2.41. The normalized spacial score (nSPS) is 11.8. The first-order chi connectivity index (χ1) is 9.43. The van der Waals surface area contributed by atoms with E-state index in [1.165, 1.54) is 5.56 Å². The molecule has 1 amide bonds. The Bertz CT molecular complexity index is 441. The van der Waals surface area contributed by atoms with Gasteiger partial charge in [-0.25, -0.2) is 0 Å². The molecule has 110 valence electrons. The van der Waals surface area contributed by atoms with Gasteiger partial charge in [0, 0.05) is 19.2 Å². The lowest BCUT2D eigenvalue weighted by Gasteiger charge is -2.18. The van der Waals surface area contributed by atoms with Gasteiger partial charge in [0.1, 0.15) is 0 Å². The van der Waals surface area contributed by atoms with Crippen LogP contribution < -0.4 is 5.32 Å². The SMILES string of the molecule is CCOCCNC(=O)/C=C/c1ccc(C(C)(C)C)cc1. The predicted octanol–water partition coefficient (Wildman–Crippen LogP) is 3.15. The number of hydrogen-bond donors (Lipinski definition) is 1. The van der Waals surface area contributed by atoms with Crippen molar-refractivity contribution in [3.05, 3.63) is 41.5 Å². The Morgan fingerprint density at radius 2 is 1.90 bits per heavy atom. The van der Waals surface area contributed by atoms with Crippen molar-refractivity contribution in [2.45, 2.75) is 33.1 Å². The number of benzene rings is 1. The van der Waals surface area contributed by atoms with Crippen molar-refractivity contribution in [2.24, 2.45) is 0 Å². The van der Waals surface area contributed by atoms with Gasteiger partial charge in [-0.3, -0.25) is 4.79 Å². The highest BCUT2D eigenvalue weighted by Crippen LogP contribution is 2.22. The Labute approximate surface area is 122 Å². The maximum atomic E-state index is 11.6. The van der Waals surface area contributed by atoms with Gasteiger partial charge in [-0.2, -0.15) is 0 Å². The minimum absolute atomic E-state index is 0.0930. The molecule has 0 fully saturated rings. The summed E-state index contributed by atoms with van der Waals surface area (Å²) < 4.78 is 5.15. The Kier molecular flexibility index (Phi) is 6.46. The molecule has 0 bridgehead atoms. The molecule has 0 aliphatic heterocycles. The van der Waals surface area contributed by atoms with E-state index in [1.807, 2.05) is 25.1 Å². The van der Waals surface area contributed by atoms with E-state index in [0.29, 0.717) is 19.8 Å². The summed E-state index contributed by atoms with van der Waals surface area (Å²) >= 11 is 0. The number of nitrogens with one attached hydrogen (secondary N) is 1. The molecular formula is C17H25NO2. The molecule has 0 unspecified atom stereocenters. The zero-order valence-corrected chi connectivity index (χ0v) is 12.9. The molecule has 0 radical (unpaired) electrons. The van der Waals surface area contributed by atoms with Crippen LogP contribution in [0.25, 0.3) is 6.08 Å². The summed E-state index contributed by atoms with van der Waals surface area (Å²) in [6.07, 6.45) is 3.38. The average molecular weight is 275 g/mol. The minimum atomic E-state index is -0.0930. The third-order valence-electron chi connectivity index (χ3n) is 2.95. The van der Waals surface area contributed by atoms with Gasteiger partial charge in [0.15, 0.2) is 0 Å². The largest absolute Gasteiger partial charge is 0.380 e. The molecule has 0 aromatic heterocycles. The first-order valence-electron chi connectivity index (χ1n) is 7.07. The summed E-state index contributed by atoms with van der Waals surface area (Å²) in [4.78, 5) is 11.6. The van der Waals surface area contributed by atoms with Gasteiger partial charge in [0.25, 0.3) is 0 Å². The van der Waals surface area contributed by atoms with E-state index in [1.54, 1.807) is 6.08 Å². The van der Waals surface area contributed by atoms with Gasteiger partial charge in [0.05, 0.1) is 6.61 Å². The van der Waals surface area contributed by atoms with E-state index in [4.69, 9.17) is 4.74 Å². The van der Waals surface area contributed by atoms with E-state index in [0.717, 1.165) is 5.56 Å². The summed E-state index contributed by atoms with van der Waals surface area (Å²) in [5, 5.41) is 2.77. The van der Waals surface area contributed by atoms with Gasteiger partial charge in [-0.1, -0.05) is 45.0 Å². The van der Waals surface area contributed by atoms with Crippen molar-refractivity contribution in [3.8, 4) is 0 Å². The molecule has 3 heteroatoms. The number of ether oxygens (including phenoxy) is 1. The molecule has 3 nitrogen and oxygen atoms in total. The van der Waals surface area contributed by atoms with Crippen LogP contribution in [-0.2, 0) is 14.9 Å². The van der Waals surface area contributed by atoms with Crippen molar-refractivity contribution in [2.75, 3.05) is 19.8 Å². The highest BCUT2D eigenvalue weighted by molar-refractivity contribution is 5.91. The molecule has 0 heterocycles. The van der Waals surface area contributed by atoms with Crippen molar-refractivity contribution in [1.82, 2.24) is 5.32 Å². The van der Waals surface area contributed by atoms with Crippen molar-refractivity contribution in [1.29, 1.82) is 0 Å². The molecule has 0 saturated carbocycles. The zero-order chi connectivity index (χ0) is 15.0. The quantitative estimate of drug-likeness (QED) is 0.640. The van der Waals surface area contributed by atoms with Crippen LogP contribution in [0.4, 0.5) is 0 Å². The van der Waals surface area contributed by atoms with E-state index in [9.17, 15) is 4.79 Å². The zero-order valence-electron chi connectivity index (χ0n) is 12.9. The number of carbonyl (C=O) groups excluding carboxylic acids is 1. The summed E-state index contributed by atoms with van der Waals surface area (Å²) in [6, 6.07) is 8.27. The van der Waals surface area contributed by atoms with E-state index in [2.05, 4.69) is 38.2 Å². The van der Waals surface area contributed by atoms with E-state index < -0.39 is 0 Å². The van der Waals surface area contributed by atoms with Crippen LogP contribution in [0.2, 0.25) is 0 Å². The molecule has 1 rings (SSSR count). The minimum Gasteiger partial charge on any atom is -0.380 e. The third kappa shape index (κ3) is 6.02. The number of hydrogen-bond acceptors (Lipinski definition) is 2. The molecule has 0 atom stereocenters. The van der Waals surface area contributed by atoms with E-state index in [-0.39, 0.29) is 11.3 Å².